The second kappa shape index (κ2) is 12.4. The van der Waals surface area contributed by atoms with Gasteiger partial charge in [0.25, 0.3) is 0 Å². The van der Waals surface area contributed by atoms with Crippen molar-refractivity contribution in [2.24, 2.45) is 18.9 Å². The van der Waals surface area contributed by atoms with Crippen molar-refractivity contribution < 1.29 is 27.5 Å². The molecule has 2 aliphatic carbocycles. The van der Waals surface area contributed by atoms with Crippen molar-refractivity contribution in [3.05, 3.63) is 54.1 Å². The number of amides is 1. The minimum absolute atomic E-state index is 0.0415. The molecule has 1 amide bonds. The summed E-state index contributed by atoms with van der Waals surface area (Å²) >= 11 is 0. The Balaban J connectivity index is 1.09. The molecule has 1 aromatic heterocycles. The van der Waals surface area contributed by atoms with Crippen LogP contribution in [0, 0.1) is 11.8 Å². The van der Waals surface area contributed by atoms with Crippen molar-refractivity contribution in [3.63, 3.8) is 0 Å². The zero-order chi connectivity index (χ0) is 30.1. The van der Waals surface area contributed by atoms with E-state index in [9.17, 15) is 18.0 Å². The molecule has 1 unspecified atom stereocenters. The highest BCUT2D eigenvalue weighted by Gasteiger charge is 2.41. The molecule has 2 aromatic carbocycles. The minimum Gasteiger partial charge on any atom is -0.469 e. The lowest BCUT2D eigenvalue weighted by molar-refractivity contribution is -0.146. The number of rotatable bonds is 9. The zero-order valence-electron chi connectivity index (χ0n) is 25.0. The van der Waals surface area contributed by atoms with Gasteiger partial charge in [0.1, 0.15) is 0 Å². The van der Waals surface area contributed by atoms with Gasteiger partial charge in [0, 0.05) is 48.6 Å². The Hall–Kier alpha value is -3.21. The summed E-state index contributed by atoms with van der Waals surface area (Å²) in [5.41, 5.74) is 3.87. The zero-order valence-corrected chi connectivity index (χ0v) is 25.8. The molecule has 10 heteroatoms. The molecule has 6 rings (SSSR count). The van der Waals surface area contributed by atoms with Crippen LogP contribution in [0.5, 0.6) is 0 Å². The Kier molecular flexibility index (Phi) is 8.62. The quantitative estimate of drug-likeness (QED) is 0.361. The van der Waals surface area contributed by atoms with E-state index in [1.54, 1.807) is 12.1 Å². The molecule has 0 spiro atoms. The monoisotopic (exact) mass is 607 g/mol. The lowest BCUT2D eigenvalue weighted by atomic mass is 9.85. The Morgan fingerprint density at radius 2 is 1.74 bits per heavy atom. The first-order valence-electron chi connectivity index (χ1n) is 15.4. The molecule has 2 saturated carbocycles. The van der Waals surface area contributed by atoms with E-state index in [2.05, 4.69) is 15.7 Å². The molecule has 1 N–H and O–H groups in total. The van der Waals surface area contributed by atoms with Gasteiger partial charge in [-0.2, -0.15) is 0 Å². The Labute approximate surface area is 253 Å². The summed E-state index contributed by atoms with van der Waals surface area (Å²) < 4.78 is 42.2. The van der Waals surface area contributed by atoms with E-state index < -0.39 is 10.0 Å². The number of morpholine rings is 1. The number of methoxy groups -OCH3 is 1. The molecule has 3 fully saturated rings. The molecular formula is C33H41N3O6S. The van der Waals surface area contributed by atoms with Crippen molar-refractivity contribution in [3.8, 4) is 11.3 Å². The van der Waals surface area contributed by atoms with Crippen LogP contribution in [0.25, 0.3) is 22.2 Å². The third-order valence-electron chi connectivity index (χ3n) is 9.44. The van der Waals surface area contributed by atoms with Crippen molar-refractivity contribution in [1.29, 1.82) is 0 Å². The SMILES string of the molecule is COC(=O)CCc1ccc(-c2cc3ccc(S(=O)(=O)N[C@H]4CC[C@H](C(=O)N5CCOCC5C5CC5)CC4)cc3n2C)cc1. The van der Waals surface area contributed by atoms with E-state index in [-0.39, 0.29) is 34.8 Å². The number of esters is 1. The molecule has 1 atom stereocenters. The summed E-state index contributed by atoms with van der Waals surface area (Å²) in [5, 5.41) is 0.956. The van der Waals surface area contributed by atoms with Crippen LogP contribution >= 0.6 is 0 Å². The van der Waals surface area contributed by atoms with Gasteiger partial charge in [-0.05, 0) is 80.2 Å². The number of aryl methyl sites for hydroxylation is 2. The van der Waals surface area contributed by atoms with Crippen molar-refractivity contribution in [2.45, 2.75) is 68.3 Å². The highest BCUT2D eigenvalue weighted by molar-refractivity contribution is 7.89. The maximum absolute atomic E-state index is 13.4. The summed E-state index contributed by atoms with van der Waals surface area (Å²) in [6.07, 6.45) is 6.00. The van der Waals surface area contributed by atoms with E-state index >= 15 is 0 Å². The summed E-state index contributed by atoms with van der Waals surface area (Å²) in [7, 11) is -0.398. The van der Waals surface area contributed by atoms with Gasteiger partial charge in [0.15, 0.2) is 0 Å². The topological polar surface area (TPSA) is 107 Å². The maximum atomic E-state index is 13.4. The van der Waals surface area contributed by atoms with Gasteiger partial charge in [0.05, 0.1) is 31.3 Å². The van der Waals surface area contributed by atoms with Crippen molar-refractivity contribution in [2.75, 3.05) is 26.9 Å². The smallest absolute Gasteiger partial charge is 0.305 e. The van der Waals surface area contributed by atoms with E-state index in [0.29, 0.717) is 64.2 Å². The van der Waals surface area contributed by atoms with E-state index in [1.807, 2.05) is 41.9 Å². The second-order valence-electron chi connectivity index (χ2n) is 12.3. The lowest BCUT2D eigenvalue weighted by Crippen LogP contribution is -2.52. The van der Waals surface area contributed by atoms with Crippen LogP contribution in [0.3, 0.4) is 0 Å². The van der Waals surface area contributed by atoms with Gasteiger partial charge in [-0.3, -0.25) is 9.59 Å². The van der Waals surface area contributed by atoms with E-state index in [4.69, 9.17) is 9.47 Å². The summed E-state index contributed by atoms with van der Waals surface area (Å²) in [6, 6.07) is 15.4. The number of ether oxygens (including phenoxy) is 2. The lowest BCUT2D eigenvalue weighted by Gasteiger charge is -2.39. The normalized spacial score (nSPS) is 22.9. The first kappa shape index (κ1) is 29.8. The number of fused-ring (bicyclic) bond motifs is 1. The highest BCUT2D eigenvalue weighted by Crippen LogP contribution is 2.38. The van der Waals surface area contributed by atoms with E-state index in [1.165, 1.54) is 20.0 Å². The number of hydrogen-bond donors (Lipinski definition) is 1. The molecule has 9 nitrogen and oxygen atoms in total. The number of aromatic nitrogens is 1. The largest absolute Gasteiger partial charge is 0.469 e. The molecule has 1 aliphatic heterocycles. The van der Waals surface area contributed by atoms with Crippen LogP contribution in [0.15, 0.2) is 53.4 Å². The van der Waals surface area contributed by atoms with Crippen LogP contribution in [-0.2, 0) is 42.6 Å². The molecule has 0 bridgehead atoms. The number of nitrogens with one attached hydrogen (secondary N) is 1. The van der Waals surface area contributed by atoms with Gasteiger partial charge >= 0.3 is 5.97 Å². The van der Waals surface area contributed by atoms with Crippen LogP contribution in [0.2, 0.25) is 0 Å². The number of sulfonamides is 1. The van der Waals surface area contributed by atoms with Crippen LogP contribution in [0.1, 0.15) is 50.5 Å². The van der Waals surface area contributed by atoms with E-state index in [0.717, 1.165) is 27.7 Å². The first-order valence-corrected chi connectivity index (χ1v) is 16.9. The molecule has 1 saturated heterocycles. The molecule has 43 heavy (non-hydrogen) atoms. The van der Waals surface area contributed by atoms with Gasteiger partial charge in [-0.1, -0.05) is 30.3 Å². The predicted molar refractivity (Wildman–Crippen MR) is 164 cm³/mol. The van der Waals surface area contributed by atoms with Crippen LogP contribution < -0.4 is 4.72 Å². The standard InChI is InChI=1S/C33H41N3O6S/c1-35-29(23-6-3-22(4-7-23)5-16-32(37)41-2)19-26-12-15-28(20-30(26)35)43(39,40)34-27-13-10-25(11-14-27)33(38)36-17-18-42-21-31(36)24-8-9-24/h3-4,6-7,12,15,19-20,24-25,27,31,34H,5,8-11,13-14,16-18,21H2,1-2H3/t25-,27-,31?. The third-order valence-corrected chi connectivity index (χ3v) is 11.0. The van der Waals surface area contributed by atoms with Crippen LogP contribution in [0.4, 0.5) is 0 Å². The Morgan fingerprint density at radius 1 is 1.00 bits per heavy atom. The fourth-order valence-electron chi connectivity index (χ4n) is 6.69. The molecule has 2 heterocycles. The van der Waals surface area contributed by atoms with Gasteiger partial charge in [-0.25, -0.2) is 13.1 Å². The number of nitrogens with zero attached hydrogens (tertiary/aromatic N) is 2. The fraction of sp³-hybridized carbons (Fsp3) is 0.515. The minimum atomic E-state index is -3.73. The van der Waals surface area contributed by atoms with Gasteiger partial charge in [-0.15, -0.1) is 0 Å². The number of benzene rings is 2. The maximum Gasteiger partial charge on any atom is 0.305 e. The Morgan fingerprint density at radius 3 is 2.44 bits per heavy atom. The summed E-state index contributed by atoms with van der Waals surface area (Å²) in [4.78, 5) is 27.1. The average Bonchev–Trinajstić information content (AvgIpc) is 3.83. The first-order chi connectivity index (χ1) is 20.7. The van der Waals surface area contributed by atoms with Gasteiger partial charge < -0.3 is 18.9 Å². The summed E-state index contributed by atoms with van der Waals surface area (Å²) in [6.45, 7) is 1.91. The Bertz CT molecular complexity index is 1590. The van der Waals surface area contributed by atoms with Gasteiger partial charge in [0.2, 0.25) is 15.9 Å². The molecule has 3 aliphatic rings. The van der Waals surface area contributed by atoms with Crippen molar-refractivity contribution in [1.82, 2.24) is 14.2 Å². The number of carbonyl (C=O) groups is 2. The van der Waals surface area contributed by atoms with Crippen LogP contribution in [-0.4, -0.2) is 68.7 Å². The average molecular weight is 608 g/mol. The number of hydrogen-bond acceptors (Lipinski definition) is 6. The highest BCUT2D eigenvalue weighted by atomic mass is 32.2. The fourth-order valence-corrected chi connectivity index (χ4v) is 8.02. The van der Waals surface area contributed by atoms with Crippen molar-refractivity contribution >= 4 is 32.8 Å². The predicted octanol–water partition coefficient (Wildman–Crippen LogP) is 4.43. The second-order valence-corrected chi connectivity index (χ2v) is 14.0. The third kappa shape index (κ3) is 6.51. The molecular weight excluding hydrogens is 566 g/mol. The molecule has 3 aromatic rings. The summed E-state index contributed by atoms with van der Waals surface area (Å²) in [5.74, 6) is 0.531. The number of carbonyl (C=O) groups excluding carboxylic acids is 2. The molecule has 0 radical (unpaired) electrons. The molecule has 230 valence electrons.